The third-order valence-corrected chi connectivity index (χ3v) is 4.06. The van der Waals surface area contributed by atoms with Crippen LogP contribution in [0.3, 0.4) is 0 Å². The molecule has 1 N–H and O–H groups in total. The lowest BCUT2D eigenvalue weighted by molar-refractivity contribution is 0.206. The monoisotopic (exact) mass is 316 g/mol. The summed E-state index contributed by atoms with van der Waals surface area (Å²) >= 11 is 0. The number of hydrogen-bond acceptors (Lipinski definition) is 5. The zero-order valence-corrected chi connectivity index (χ0v) is 13.2. The van der Waals surface area contributed by atoms with E-state index in [-0.39, 0.29) is 11.9 Å². The number of aromatic nitrogens is 2. The van der Waals surface area contributed by atoms with Gasteiger partial charge in [-0.25, -0.2) is 14.4 Å². The van der Waals surface area contributed by atoms with Crippen LogP contribution in [0.25, 0.3) is 0 Å². The predicted molar refractivity (Wildman–Crippen MR) is 86.9 cm³/mol. The highest BCUT2D eigenvalue weighted by molar-refractivity contribution is 5.45. The smallest absolute Gasteiger partial charge is 0.257 e. The third-order valence-electron chi connectivity index (χ3n) is 4.06. The first kappa shape index (κ1) is 15.7. The highest BCUT2D eigenvalue weighted by Gasteiger charge is 2.22. The number of anilines is 1. The summed E-state index contributed by atoms with van der Waals surface area (Å²) in [5.74, 6) is 1.02. The fraction of sp³-hybridized carbons (Fsp3) is 0.412. The molecule has 0 unspecified atom stereocenters. The van der Waals surface area contributed by atoms with Gasteiger partial charge in [-0.3, -0.25) is 4.90 Å². The average Bonchev–Trinajstić information content (AvgIpc) is 2.58. The van der Waals surface area contributed by atoms with Gasteiger partial charge in [-0.2, -0.15) is 0 Å². The Bertz CT molecular complexity index is 652. The summed E-state index contributed by atoms with van der Waals surface area (Å²) in [7, 11) is 1.58. The van der Waals surface area contributed by atoms with Gasteiger partial charge in [0.1, 0.15) is 5.82 Å². The van der Waals surface area contributed by atoms with Crippen LogP contribution in [0.4, 0.5) is 10.2 Å². The first-order chi connectivity index (χ1) is 11.3. The molecule has 1 aromatic carbocycles. The van der Waals surface area contributed by atoms with Gasteiger partial charge in [0, 0.05) is 37.1 Å². The summed E-state index contributed by atoms with van der Waals surface area (Å²) in [6.07, 6.45) is 5.36. The minimum atomic E-state index is -0.141. The van der Waals surface area contributed by atoms with E-state index < -0.39 is 0 Å². The zero-order valence-electron chi connectivity index (χ0n) is 13.2. The number of rotatable bonds is 5. The lowest BCUT2D eigenvalue weighted by atomic mass is 10.0. The molecular formula is C17H21FN4O. The molecule has 6 heteroatoms. The van der Waals surface area contributed by atoms with E-state index in [1.165, 1.54) is 6.07 Å². The van der Waals surface area contributed by atoms with Crippen molar-refractivity contribution in [2.24, 2.45) is 0 Å². The number of likely N-dealkylation sites (tertiary alicyclic amines) is 1. The topological polar surface area (TPSA) is 50.3 Å². The maximum absolute atomic E-state index is 13.8. The third kappa shape index (κ3) is 3.96. The summed E-state index contributed by atoms with van der Waals surface area (Å²) in [5.41, 5.74) is 0.741. The van der Waals surface area contributed by atoms with Crippen molar-refractivity contribution in [1.29, 1.82) is 0 Å². The van der Waals surface area contributed by atoms with E-state index in [1.807, 2.05) is 12.1 Å². The van der Waals surface area contributed by atoms with Crippen molar-refractivity contribution in [2.45, 2.75) is 25.4 Å². The van der Waals surface area contributed by atoms with E-state index in [1.54, 1.807) is 25.6 Å². The van der Waals surface area contributed by atoms with Crippen molar-refractivity contribution < 1.29 is 9.13 Å². The summed E-state index contributed by atoms with van der Waals surface area (Å²) < 4.78 is 19.0. The molecule has 0 bridgehead atoms. The van der Waals surface area contributed by atoms with Crippen molar-refractivity contribution >= 4 is 5.82 Å². The Morgan fingerprint density at radius 3 is 2.96 bits per heavy atom. The molecule has 0 amide bonds. The molecule has 5 nitrogen and oxygen atoms in total. The Balaban J connectivity index is 1.63. The molecule has 1 saturated heterocycles. The molecule has 122 valence electrons. The lowest BCUT2D eigenvalue weighted by Gasteiger charge is -2.33. The minimum Gasteiger partial charge on any atom is -0.478 e. The van der Waals surface area contributed by atoms with Crippen LogP contribution in [0.2, 0.25) is 0 Å². The van der Waals surface area contributed by atoms with Crippen LogP contribution in [0.15, 0.2) is 36.7 Å². The number of piperidine rings is 1. The van der Waals surface area contributed by atoms with E-state index in [0.29, 0.717) is 18.2 Å². The normalized spacial score (nSPS) is 18.6. The number of halogens is 1. The SMILES string of the molecule is COc1nccnc1N[C@H]1CCCN(Cc2ccccc2F)C1. The van der Waals surface area contributed by atoms with Gasteiger partial charge in [0.2, 0.25) is 0 Å². The highest BCUT2D eigenvalue weighted by Crippen LogP contribution is 2.22. The highest BCUT2D eigenvalue weighted by atomic mass is 19.1. The van der Waals surface area contributed by atoms with E-state index in [2.05, 4.69) is 20.2 Å². The predicted octanol–water partition coefficient (Wildman–Crippen LogP) is 2.70. The van der Waals surface area contributed by atoms with Gasteiger partial charge in [0.25, 0.3) is 5.88 Å². The van der Waals surface area contributed by atoms with Gasteiger partial charge in [-0.05, 0) is 25.5 Å². The number of ether oxygens (including phenoxy) is 1. The Hall–Kier alpha value is -2.21. The molecule has 0 saturated carbocycles. The first-order valence-corrected chi connectivity index (χ1v) is 7.83. The van der Waals surface area contributed by atoms with Gasteiger partial charge < -0.3 is 10.1 Å². The van der Waals surface area contributed by atoms with Crippen LogP contribution >= 0.6 is 0 Å². The van der Waals surface area contributed by atoms with E-state index in [9.17, 15) is 4.39 Å². The van der Waals surface area contributed by atoms with Gasteiger partial charge in [-0.15, -0.1) is 0 Å². The Morgan fingerprint density at radius 2 is 2.13 bits per heavy atom. The van der Waals surface area contributed by atoms with E-state index in [4.69, 9.17) is 4.74 Å². The molecule has 2 aromatic rings. The van der Waals surface area contributed by atoms with Gasteiger partial charge in [-0.1, -0.05) is 18.2 Å². The summed E-state index contributed by atoms with van der Waals surface area (Å²) in [6.45, 7) is 2.45. The van der Waals surface area contributed by atoms with Gasteiger partial charge in [0.05, 0.1) is 7.11 Å². The number of methoxy groups -OCH3 is 1. The van der Waals surface area contributed by atoms with E-state index in [0.717, 1.165) is 31.5 Å². The minimum absolute atomic E-state index is 0.141. The Kier molecular flexibility index (Phi) is 5.02. The molecular weight excluding hydrogens is 295 g/mol. The quantitative estimate of drug-likeness (QED) is 0.919. The molecule has 0 spiro atoms. The molecule has 0 aliphatic carbocycles. The van der Waals surface area contributed by atoms with Crippen LogP contribution in [0, 0.1) is 5.82 Å². The molecule has 23 heavy (non-hydrogen) atoms. The number of nitrogens with one attached hydrogen (secondary N) is 1. The van der Waals surface area contributed by atoms with Crippen molar-refractivity contribution in [3.05, 3.63) is 48.0 Å². The molecule has 1 aliphatic heterocycles. The van der Waals surface area contributed by atoms with Crippen LogP contribution < -0.4 is 10.1 Å². The van der Waals surface area contributed by atoms with Crippen LogP contribution in [0.1, 0.15) is 18.4 Å². The first-order valence-electron chi connectivity index (χ1n) is 7.83. The van der Waals surface area contributed by atoms with Crippen LogP contribution in [-0.2, 0) is 6.54 Å². The molecule has 2 heterocycles. The summed E-state index contributed by atoms with van der Waals surface area (Å²) in [6, 6.07) is 7.21. The fourth-order valence-electron chi connectivity index (χ4n) is 2.95. The second-order valence-corrected chi connectivity index (χ2v) is 5.72. The van der Waals surface area contributed by atoms with Crippen molar-refractivity contribution in [1.82, 2.24) is 14.9 Å². The lowest BCUT2D eigenvalue weighted by Crippen LogP contribution is -2.42. The van der Waals surface area contributed by atoms with Crippen LogP contribution in [-0.4, -0.2) is 41.1 Å². The van der Waals surface area contributed by atoms with E-state index >= 15 is 0 Å². The number of benzene rings is 1. The molecule has 1 fully saturated rings. The summed E-state index contributed by atoms with van der Waals surface area (Å²) in [4.78, 5) is 10.7. The number of nitrogens with zero attached hydrogens (tertiary/aromatic N) is 3. The fourth-order valence-corrected chi connectivity index (χ4v) is 2.95. The average molecular weight is 316 g/mol. The standard InChI is InChI=1S/C17H21FN4O/c1-23-17-16(19-8-9-20-17)21-14-6-4-10-22(12-14)11-13-5-2-3-7-15(13)18/h2-3,5,7-9,14H,4,6,10-12H2,1H3,(H,19,21)/t14-/m0/s1. The molecule has 1 aliphatic rings. The summed E-state index contributed by atoms with van der Waals surface area (Å²) in [5, 5.41) is 3.40. The molecule has 0 radical (unpaired) electrons. The zero-order chi connectivity index (χ0) is 16.1. The molecule has 1 atom stereocenters. The van der Waals surface area contributed by atoms with Crippen molar-refractivity contribution in [3.63, 3.8) is 0 Å². The Labute approximate surface area is 135 Å². The number of hydrogen-bond donors (Lipinski definition) is 1. The largest absolute Gasteiger partial charge is 0.478 e. The molecule has 3 rings (SSSR count). The maximum Gasteiger partial charge on any atom is 0.257 e. The molecule has 1 aromatic heterocycles. The van der Waals surface area contributed by atoms with Crippen molar-refractivity contribution in [2.75, 3.05) is 25.5 Å². The van der Waals surface area contributed by atoms with Crippen molar-refractivity contribution in [3.8, 4) is 5.88 Å². The van der Waals surface area contributed by atoms with Crippen LogP contribution in [0.5, 0.6) is 5.88 Å². The second-order valence-electron chi connectivity index (χ2n) is 5.72. The Morgan fingerprint density at radius 1 is 1.30 bits per heavy atom. The van der Waals surface area contributed by atoms with Gasteiger partial charge >= 0.3 is 0 Å². The second kappa shape index (κ2) is 7.37. The maximum atomic E-state index is 13.8. The van der Waals surface area contributed by atoms with Gasteiger partial charge in [0.15, 0.2) is 5.82 Å².